The summed E-state index contributed by atoms with van der Waals surface area (Å²) in [5.74, 6) is 0.867. The molecule has 4 nitrogen and oxygen atoms in total. The second kappa shape index (κ2) is 4.55. The van der Waals surface area contributed by atoms with Gasteiger partial charge in [-0.1, -0.05) is 13.3 Å². The van der Waals surface area contributed by atoms with Crippen molar-refractivity contribution in [2.24, 2.45) is 0 Å². The van der Waals surface area contributed by atoms with Gasteiger partial charge in [-0.3, -0.25) is 4.68 Å². The zero-order valence-corrected chi connectivity index (χ0v) is 9.19. The standard InChI is InChI=1S/C10H19N3O/c1-4-6-10(3,14)7-9-11-8-12-13(9)5-2/h8,14H,4-7H2,1-3H3. The predicted octanol–water partition coefficient (Wildman–Crippen LogP) is 1.39. The van der Waals surface area contributed by atoms with Gasteiger partial charge >= 0.3 is 0 Å². The van der Waals surface area contributed by atoms with Crippen molar-refractivity contribution in [3.63, 3.8) is 0 Å². The van der Waals surface area contributed by atoms with Crippen LogP contribution in [0.2, 0.25) is 0 Å². The van der Waals surface area contributed by atoms with E-state index in [1.54, 1.807) is 6.33 Å². The first-order valence-electron chi connectivity index (χ1n) is 5.18. The molecule has 1 unspecified atom stereocenters. The van der Waals surface area contributed by atoms with E-state index in [4.69, 9.17) is 0 Å². The Morgan fingerprint density at radius 3 is 2.79 bits per heavy atom. The maximum Gasteiger partial charge on any atom is 0.138 e. The molecule has 14 heavy (non-hydrogen) atoms. The first-order valence-corrected chi connectivity index (χ1v) is 5.18. The monoisotopic (exact) mass is 197 g/mol. The second-order valence-electron chi connectivity index (χ2n) is 3.92. The third kappa shape index (κ3) is 2.80. The van der Waals surface area contributed by atoms with E-state index >= 15 is 0 Å². The SMILES string of the molecule is CCCC(C)(O)Cc1ncnn1CC. The Kier molecular flexibility index (Phi) is 3.63. The molecule has 1 N–H and O–H groups in total. The quantitative estimate of drug-likeness (QED) is 0.776. The van der Waals surface area contributed by atoms with Gasteiger partial charge in [-0.25, -0.2) is 4.98 Å². The predicted molar refractivity (Wildman–Crippen MR) is 54.9 cm³/mol. The van der Waals surface area contributed by atoms with Crippen molar-refractivity contribution in [2.45, 2.75) is 52.2 Å². The first kappa shape index (κ1) is 11.2. The largest absolute Gasteiger partial charge is 0.390 e. The molecule has 4 heteroatoms. The molecule has 0 saturated carbocycles. The van der Waals surface area contributed by atoms with Gasteiger partial charge < -0.3 is 5.11 Å². The Balaban J connectivity index is 2.67. The normalized spacial score (nSPS) is 15.4. The van der Waals surface area contributed by atoms with Gasteiger partial charge in [-0.2, -0.15) is 5.10 Å². The lowest BCUT2D eigenvalue weighted by Gasteiger charge is -2.21. The summed E-state index contributed by atoms with van der Waals surface area (Å²) in [7, 11) is 0. The van der Waals surface area contributed by atoms with Gasteiger partial charge in [-0.05, 0) is 20.3 Å². The van der Waals surface area contributed by atoms with E-state index in [9.17, 15) is 5.11 Å². The van der Waals surface area contributed by atoms with E-state index in [-0.39, 0.29) is 0 Å². The van der Waals surface area contributed by atoms with E-state index in [1.165, 1.54) is 0 Å². The number of hydrogen-bond donors (Lipinski definition) is 1. The molecule has 0 aliphatic rings. The third-order valence-corrected chi connectivity index (χ3v) is 2.32. The minimum atomic E-state index is -0.658. The van der Waals surface area contributed by atoms with Crippen molar-refractivity contribution >= 4 is 0 Å². The van der Waals surface area contributed by atoms with Crippen LogP contribution in [0.25, 0.3) is 0 Å². The number of aliphatic hydroxyl groups is 1. The van der Waals surface area contributed by atoms with E-state index in [0.29, 0.717) is 6.42 Å². The molecule has 0 spiro atoms. The van der Waals surface area contributed by atoms with Crippen molar-refractivity contribution in [1.29, 1.82) is 0 Å². The number of aryl methyl sites for hydroxylation is 1. The maximum atomic E-state index is 10.0. The average Bonchev–Trinajstić information content (AvgIpc) is 2.50. The van der Waals surface area contributed by atoms with E-state index in [0.717, 1.165) is 25.2 Å². The summed E-state index contributed by atoms with van der Waals surface area (Å²) in [4.78, 5) is 4.15. The van der Waals surface area contributed by atoms with Crippen molar-refractivity contribution in [2.75, 3.05) is 0 Å². The van der Waals surface area contributed by atoms with Gasteiger partial charge in [0.25, 0.3) is 0 Å². The second-order valence-corrected chi connectivity index (χ2v) is 3.92. The van der Waals surface area contributed by atoms with Gasteiger partial charge in [0, 0.05) is 13.0 Å². The van der Waals surface area contributed by atoms with Crippen LogP contribution in [-0.2, 0) is 13.0 Å². The molecule has 0 bridgehead atoms. The first-order chi connectivity index (χ1) is 6.59. The van der Waals surface area contributed by atoms with Crippen molar-refractivity contribution < 1.29 is 5.11 Å². The fourth-order valence-electron chi connectivity index (χ4n) is 1.66. The highest BCUT2D eigenvalue weighted by molar-refractivity contribution is 4.92. The lowest BCUT2D eigenvalue weighted by atomic mass is 9.96. The molecular weight excluding hydrogens is 178 g/mol. The molecule has 1 aromatic rings. The smallest absolute Gasteiger partial charge is 0.138 e. The van der Waals surface area contributed by atoms with Crippen LogP contribution in [0, 0.1) is 0 Å². The molecule has 80 valence electrons. The van der Waals surface area contributed by atoms with Crippen LogP contribution in [0.3, 0.4) is 0 Å². The van der Waals surface area contributed by atoms with Crippen molar-refractivity contribution in [1.82, 2.24) is 14.8 Å². The van der Waals surface area contributed by atoms with E-state index in [1.807, 2.05) is 18.5 Å². The Morgan fingerprint density at radius 1 is 1.50 bits per heavy atom. The third-order valence-electron chi connectivity index (χ3n) is 2.32. The lowest BCUT2D eigenvalue weighted by molar-refractivity contribution is 0.0474. The van der Waals surface area contributed by atoms with Gasteiger partial charge in [0.05, 0.1) is 5.60 Å². The van der Waals surface area contributed by atoms with Crippen LogP contribution in [0.5, 0.6) is 0 Å². The summed E-state index contributed by atoms with van der Waals surface area (Å²) >= 11 is 0. The van der Waals surface area contributed by atoms with Crippen molar-refractivity contribution in [3.8, 4) is 0 Å². The zero-order valence-electron chi connectivity index (χ0n) is 9.19. The number of hydrogen-bond acceptors (Lipinski definition) is 3. The van der Waals surface area contributed by atoms with Gasteiger partial charge in [0.15, 0.2) is 0 Å². The fraction of sp³-hybridized carbons (Fsp3) is 0.800. The summed E-state index contributed by atoms with van der Waals surface area (Å²) in [6, 6.07) is 0. The molecule has 0 aliphatic carbocycles. The highest BCUT2D eigenvalue weighted by Crippen LogP contribution is 2.16. The topological polar surface area (TPSA) is 50.9 Å². The number of rotatable bonds is 5. The van der Waals surface area contributed by atoms with Gasteiger partial charge in [0.2, 0.25) is 0 Å². The molecule has 1 heterocycles. The molecule has 1 atom stereocenters. The molecular formula is C10H19N3O. The molecule has 0 aliphatic heterocycles. The molecule has 0 fully saturated rings. The summed E-state index contributed by atoms with van der Waals surface area (Å²) in [6.07, 6.45) is 3.90. The van der Waals surface area contributed by atoms with Crippen LogP contribution in [-0.4, -0.2) is 25.5 Å². The zero-order chi connectivity index (χ0) is 10.6. The van der Waals surface area contributed by atoms with E-state index < -0.39 is 5.60 Å². The van der Waals surface area contributed by atoms with Crippen LogP contribution in [0.4, 0.5) is 0 Å². The molecule has 0 radical (unpaired) electrons. The Bertz CT molecular complexity index is 281. The Morgan fingerprint density at radius 2 is 2.21 bits per heavy atom. The van der Waals surface area contributed by atoms with Gasteiger partial charge in [0.1, 0.15) is 12.2 Å². The number of aromatic nitrogens is 3. The average molecular weight is 197 g/mol. The fourth-order valence-corrected chi connectivity index (χ4v) is 1.66. The highest BCUT2D eigenvalue weighted by Gasteiger charge is 2.22. The summed E-state index contributed by atoms with van der Waals surface area (Å²) in [5.41, 5.74) is -0.658. The minimum Gasteiger partial charge on any atom is -0.390 e. The molecule has 1 rings (SSSR count). The van der Waals surface area contributed by atoms with Crippen LogP contribution < -0.4 is 0 Å². The maximum absolute atomic E-state index is 10.0. The summed E-state index contributed by atoms with van der Waals surface area (Å²) < 4.78 is 1.82. The summed E-state index contributed by atoms with van der Waals surface area (Å²) in [5, 5.41) is 14.1. The molecule has 0 aromatic carbocycles. The highest BCUT2D eigenvalue weighted by atomic mass is 16.3. The van der Waals surface area contributed by atoms with Crippen LogP contribution in [0.1, 0.15) is 39.4 Å². The Labute approximate surface area is 85.0 Å². The number of nitrogens with zero attached hydrogens (tertiary/aromatic N) is 3. The van der Waals surface area contributed by atoms with E-state index in [2.05, 4.69) is 17.0 Å². The molecule has 1 aromatic heterocycles. The van der Waals surface area contributed by atoms with Gasteiger partial charge in [-0.15, -0.1) is 0 Å². The van der Waals surface area contributed by atoms with Crippen molar-refractivity contribution in [3.05, 3.63) is 12.2 Å². The Hall–Kier alpha value is -0.900. The van der Waals surface area contributed by atoms with Crippen LogP contribution >= 0.6 is 0 Å². The summed E-state index contributed by atoms with van der Waals surface area (Å²) in [6.45, 7) is 6.74. The van der Waals surface area contributed by atoms with Crippen LogP contribution in [0.15, 0.2) is 6.33 Å². The molecule has 0 saturated heterocycles. The lowest BCUT2D eigenvalue weighted by Crippen LogP contribution is -2.28. The molecule has 0 amide bonds. The minimum absolute atomic E-state index is 0.578.